The second kappa shape index (κ2) is 6.31. The van der Waals surface area contributed by atoms with Crippen LogP contribution in [0.15, 0.2) is 54.9 Å². The standard InChI is InChI=1S/C17H16N4O2/c1-12-6-2-3-7-13(12)17(23)18-10-16(22)20-21-11-19-14-8-4-5-9-15(14)21/h2-9,11H,10H2,1H3,(H,18,23)(H,20,22). The molecular formula is C17H16N4O2. The summed E-state index contributed by atoms with van der Waals surface area (Å²) in [7, 11) is 0. The highest BCUT2D eigenvalue weighted by Gasteiger charge is 2.11. The largest absolute Gasteiger partial charge is 0.343 e. The van der Waals surface area contributed by atoms with E-state index in [1.807, 2.05) is 43.3 Å². The number of amides is 2. The summed E-state index contributed by atoms with van der Waals surface area (Å²) in [5, 5.41) is 2.62. The van der Waals surface area contributed by atoms with Crippen LogP contribution >= 0.6 is 0 Å². The van der Waals surface area contributed by atoms with Gasteiger partial charge >= 0.3 is 0 Å². The normalized spacial score (nSPS) is 10.5. The van der Waals surface area contributed by atoms with Gasteiger partial charge in [0.2, 0.25) is 0 Å². The first kappa shape index (κ1) is 14.8. The van der Waals surface area contributed by atoms with Gasteiger partial charge in [-0.15, -0.1) is 0 Å². The highest BCUT2D eigenvalue weighted by molar-refractivity contribution is 5.98. The molecule has 2 N–H and O–H groups in total. The van der Waals surface area contributed by atoms with E-state index in [4.69, 9.17) is 0 Å². The van der Waals surface area contributed by atoms with Gasteiger partial charge in [-0.05, 0) is 30.7 Å². The maximum absolute atomic E-state index is 12.1. The summed E-state index contributed by atoms with van der Waals surface area (Å²) < 4.78 is 1.54. The number of fused-ring (bicyclic) bond motifs is 1. The Bertz CT molecular complexity index is 870. The Labute approximate surface area is 133 Å². The smallest absolute Gasteiger partial charge is 0.258 e. The molecule has 6 nitrogen and oxygen atoms in total. The Morgan fingerprint density at radius 1 is 1.09 bits per heavy atom. The van der Waals surface area contributed by atoms with Crippen LogP contribution in [0.2, 0.25) is 0 Å². The summed E-state index contributed by atoms with van der Waals surface area (Å²) >= 11 is 0. The van der Waals surface area contributed by atoms with Crippen LogP contribution in [0.3, 0.4) is 0 Å². The highest BCUT2D eigenvalue weighted by atomic mass is 16.2. The Kier molecular flexibility index (Phi) is 4.05. The SMILES string of the molecule is Cc1ccccc1C(=O)NCC(=O)Nn1cnc2ccccc21. The molecule has 2 aromatic carbocycles. The van der Waals surface area contributed by atoms with Gasteiger partial charge in [-0.1, -0.05) is 30.3 Å². The van der Waals surface area contributed by atoms with E-state index in [0.29, 0.717) is 5.56 Å². The van der Waals surface area contributed by atoms with Gasteiger partial charge in [0.25, 0.3) is 11.8 Å². The summed E-state index contributed by atoms with van der Waals surface area (Å²) in [6.07, 6.45) is 1.53. The van der Waals surface area contributed by atoms with Crippen molar-refractivity contribution < 1.29 is 9.59 Å². The van der Waals surface area contributed by atoms with Crippen LogP contribution in [-0.2, 0) is 4.79 Å². The molecule has 0 aliphatic rings. The van der Waals surface area contributed by atoms with Crippen LogP contribution in [0.1, 0.15) is 15.9 Å². The zero-order chi connectivity index (χ0) is 16.2. The number of nitrogens with zero attached hydrogens (tertiary/aromatic N) is 2. The van der Waals surface area contributed by atoms with Crippen LogP contribution in [0.25, 0.3) is 11.0 Å². The number of hydrogen-bond donors (Lipinski definition) is 2. The van der Waals surface area contributed by atoms with E-state index in [-0.39, 0.29) is 18.4 Å². The maximum Gasteiger partial charge on any atom is 0.258 e. The van der Waals surface area contributed by atoms with E-state index < -0.39 is 0 Å². The zero-order valence-corrected chi connectivity index (χ0v) is 12.6. The van der Waals surface area contributed by atoms with Crippen molar-refractivity contribution in [1.29, 1.82) is 0 Å². The Balaban J connectivity index is 1.62. The highest BCUT2D eigenvalue weighted by Crippen LogP contribution is 2.10. The average Bonchev–Trinajstić information content (AvgIpc) is 2.96. The van der Waals surface area contributed by atoms with E-state index in [1.54, 1.807) is 12.1 Å². The molecule has 3 aromatic rings. The van der Waals surface area contributed by atoms with E-state index in [0.717, 1.165) is 16.6 Å². The van der Waals surface area contributed by atoms with E-state index in [9.17, 15) is 9.59 Å². The fourth-order valence-corrected chi connectivity index (χ4v) is 2.31. The summed E-state index contributed by atoms with van der Waals surface area (Å²) in [5.41, 5.74) is 5.70. The first-order valence-corrected chi connectivity index (χ1v) is 7.21. The zero-order valence-electron chi connectivity index (χ0n) is 12.6. The minimum atomic E-state index is -0.324. The number of aromatic nitrogens is 2. The van der Waals surface area contributed by atoms with E-state index in [2.05, 4.69) is 15.7 Å². The average molecular weight is 308 g/mol. The van der Waals surface area contributed by atoms with E-state index >= 15 is 0 Å². The molecule has 23 heavy (non-hydrogen) atoms. The second-order valence-electron chi connectivity index (χ2n) is 5.14. The fraction of sp³-hybridized carbons (Fsp3) is 0.118. The molecule has 0 saturated carbocycles. The number of carbonyl (C=O) groups is 2. The molecule has 1 heterocycles. The van der Waals surface area contributed by atoms with Crippen LogP contribution in [0.4, 0.5) is 0 Å². The second-order valence-corrected chi connectivity index (χ2v) is 5.14. The number of aryl methyl sites for hydroxylation is 1. The van der Waals surface area contributed by atoms with E-state index in [1.165, 1.54) is 11.0 Å². The molecule has 0 saturated heterocycles. The first-order valence-electron chi connectivity index (χ1n) is 7.21. The summed E-state index contributed by atoms with van der Waals surface area (Å²) in [5.74, 6) is -0.594. The van der Waals surface area contributed by atoms with Crippen molar-refractivity contribution in [3.8, 4) is 0 Å². The molecule has 1 aromatic heterocycles. The number of para-hydroxylation sites is 2. The minimum Gasteiger partial charge on any atom is -0.343 e. The quantitative estimate of drug-likeness (QED) is 0.772. The van der Waals surface area contributed by atoms with Gasteiger partial charge in [0.15, 0.2) is 0 Å². The monoisotopic (exact) mass is 308 g/mol. The lowest BCUT2D eigenvalue weighted by molar-refractivity contribution is -0.116. The van der Waals surface area contributed by atoms with Gasteiger partial charge in [0.05, 0.1) is 17.6 Å². The molecule has 0 atom stereocenters. The molecule has 0 unspecified atom stereocenters. The van der Waals surface area contributed by atoms with Crippen molar-refractivity contribution >= 4 is 22.8 Å². The Morgan fingerprint density at radius 2 is 1.83 bits per heavy atom. The lowest BCUT2D eigenvalue weighted by Gasteiger charge is -2.09. The minimum absolute atomic E-state index is 0.111. The Morgan fingerprint density at radius 3 is 2.65 bits per heavy atom. The van der Waals surface area contributed by atoms with Crippen molar-refractivity contribution in [2.45, 2.75) is 6.92 Å². The molecule has 116 valence electrons. The summed E-state index contributed by atoms with van der Waals surface area (Å²) in [6, 6.07) is 14.7. The van der Waals surface area contributed by atoms with Gasteiger partial charge in [0, 0.05) is 5.56 Å². The molecule has 0 aliphatic carbocycles. The van der Waals surface area contributed by atoms with Gasteiger partial charge in [-0.25, -0.2) is 9.66 Å². The molecule has 2 amide bonds. The number of carbonyl (C=O) groups excluding carboxylic acids is 2. The van der Waals surface area contributed by atoms with Crippen molar-refractivity contribution in [3.63, 3.8) is 0 Å². The lowest BCUT2D eigenvalue weighted by Crippen LogP contribution is -2.36. The third-order valence-electron chi connectivity index (χ3n) is 3.50. The van der Waals surface area contributed by atoms with Crippen molar-refractivity contribution in [3.05, 3.63) is 66.0 Å². The van der Waals surface area contributed by atoms with Crippen LogP contribution in [0, 0.1) is 6.92 Å². The van der Waals surface area contributed by atoms with Gasteiger partial charge in [0.1, 0.15) is 6.33 Å². The number of benzene rings is 2. The van der Waals surface area contributed by atoms with Crippen LogP contribution < -0.4 is 10.7 Å². The van der Waals surface area contributed by atoms with Gasteiger partial charge in [-0.3, -0.25) is 15.0 Å². The van der Waals surface area contributed by atoms with Crippen molar-refractivity contribution in [2.24, 2.45) is 0 Å². The molecular weight excluding hydrogens is 292 g/mol. The van der Waals surface area contributed by atoms with Crippen molar-refractivity contribution in [1.82, 2.24) is 15.0 Å². The lowest BCUT2D eigenvalue weighted by atomic mass is 10.1. The first-order chi connectivity index (χ1) is 11.1. The number of imidazole rings is 1. The molecule has 0 bridgehead atoms. The molecule has 3 rings (SSSR count). The van der Waals surface area contributed by atoms with Gasteiger partial charge in [-0.2, -0.15) is 0 Å². The number of nitrogens with one attached hydrogen (secondary N) is 2. The summed E-state index contributed by atoms with van der Waals surface area (Å²) in [4.78, 5) is 28.3. The third kappa shape index (κ3) is 3.21. The summed E-state index contributed by atoms with van der Waals surface area (Å²) in [6.45, 7) is 1.74. The molecule has 0 spiro atoms. The molecule has 0 aliphatic heterocycles. The number of rotatable bonds is 4. The predicted octanol–water partition coefficient (Wildman–Crippen LogP) is 1.84. The predicted molar refractivity (Wildman–Crippen MR) is 87.6 cm³/mol. The van der Waals surface area contributed by atoms with Crippen LogP contribution in [-0.4, -0.2) is 28.0 Å². The van der Waals surface area contributed by atoms with Crippen LogP contribution in [0.5, 0.6) is 0 Å². The molecule has 6 heteroatoms. The Hall–Kier alpha value is -3.15. The van der Waals surface area contributed by atoms with Crippen molar-refractivity contribution in [2.75, 3.05) is 12.0 Å². The topological polar surface area (TPSA) is 76.0 Å². The number of hydrogen-bond acceptors (Lipinski definition) is 3. The fourth-order valence-electron chi connectivity index (χ4n) is 2.31. The third-order valence-corrected chi connectivity index (χ3v) is 3.50. The molecule has 0 radical (unpaired) electrons. The van der Waals surface area contributed by atoms with Gasteiger partial charge < -0.3 is 5.32 Å². The maximum atomic E-state index is 12.1. The molecule has 0 fully saturated rings.